The van der Waals surface area contributed by atoms with Crippen LogP contribution in [0.4, 0.5) is 11.5 Å². The van der Waals surface area contributed by atoms with Crippen LogP contribution in [0, 0.1) is 0 Å². The number of anilines is 2. The molecule has 0 aliphatic carbocycles. The fourth-order valence-electron chi connectivity index (χ4n) is 2.24. The molecule has 0 saturated carbocycles. The Hall–Kier alpha value is -3.54. The molecule has 3 heterocycles. The van der Waals surface area contributed by atoms with E-state index in [0.29, 0.717) is 23.1 Å². The van der Waals surface area contributed by atoms with Gasteiger partial charge in [0, 0.05) is 36.4 Å². The van der Waals surface area contributed by atoms with Gasteiger partial charge in [0.05, 0.1) is 0 Å². The summed E-state index contributed by atoms with van der Waals surface area (Å²) in [4.78, 5) is 17.0. The van der Waals surface area contributed by atoms with Crippen LogP contribution in [-0.4, -0.2) is 19.9 Å². The molecule has 0 spiro atoms. The van der Waals surface area contributed by atoms with Gasteiger partial charge < -0.3 is 10.1 Å². The number of benzene rings is 1. The molecule has 24 heavy (non-hydrogen) atoms. The highest BCUT2D eigenvalue weighted by Gasteiger charge is 2.03. The molecule has 0 amide bonds. The van der Waals surface area contributed by atoms with Gasteiger partial charge in [-0.3, -0.25) is 4.98 Å². The van der Waals surface area contributed by atoms with Crippen LogP contribution >= 0.6 is 0 Å². The Morgan fingerprint density at radius 2 is 1.75 bits per heavy atom. The van der Waals surface area contributed by atoms with Gasteiger partial charge in [0.15, 0.2) is 5.65 Å². The maximum atomic E-state index is 5.73. The first-order valence-corrected chi connectivity index (χ1v) is 7.40. The highest BCUT2D eigenvalue weighted by molar-refractivity contribution is 5.73. The molecule has 0 saturated heterocycles. The van der Waals surface area contributed by atoms with Crippen LogP contribution in [0.25, 0.3) is 11.2 Å². The van der Waals surface area contributed by atoms with Crippen molar-refractivity contribution in [2.24, 2.45) is 0 Å². The molecule has 1 N–H and O–H groups in total. The molecule has 1 aromatic carbocycles. The Balaban J connectivity index is 1.56. The van der Waals surface area contributed by atoms with Gasteiger partial charge in [-0.05, 0) is 30.3 Å². The van der Waals surface area contributed by atoms with Crippen LogP contribution < -0.4 is 10.1 Å². The first-order chi connectivity index (χ1) is 11.9. The van der Waals surface area contributed by atoms with Crippen LogP contribution in [-0.2, 0) is 0 Å². The summed E-state index contributed by atoms with van der Waals surface area (Å²) in [6, 6.07) is 16.9. The minimum Gasteiger partial charge on any atom is -0.439 e. The van der Waals surface area contributed by atoms with Crippen LogP contribution in [0.1, 0.15) is 0 Å². The van der Waals surface area contributed by atoms with Gasteiger partial charge in [0.1, 0.15) is 17.1 Å². The first-order valence-electron chi connectivity index (χ1n) is 7.40. The summed E-state index contributed by atoms with van der Waals surface area (Å²) in [5.74, 6) is 1.94. The number of ether oxygens (including phenoxy) is 1. The van der Waals surface area contributed by atoms with Crippen molar-refractivity contribution in [3.63, 3.8) is 0 Å². The number of pyridine rings is 2. The van der Waals surface area contributed by atoms with E-state index in [1.54, 1.807) is 18.6 Å². The fraction of sp³-hybridized carbons (Fsp3) is 0. The van der Waals surface area contributed by atoms with Crippen LogP contribution in [0.3, 0.4) is 0 Å². The number of aromatic nitrogens is 4. The predicted molar refractivity (Wildman–Crippen MR) is 91.4 cm³/mol. The van der Waals surface area contributed by atoms with Crippen LogP contribution in [0.2, 0.25) is 0 Å². The van der Waals surface area contributed by atoms with E-state index in [0.717, 1.165) is 11.2 Å². The van der Waals surface area contributed by atoms with Gasteiger partial charge in [-0.15, -0.1) is 0 Å². The van der Waals surface area contributed by atoms with Crippen molar-refractivity contribution >= 4 is 22.7 Å². The molecule has 6 nitrogen and oxygen atoms in total. The molecule has 0 aliphatic heterocycles. The average molecular weight is 315 g/mol. The Morgan fingerprint density at radius 3 is 2.67 bits per heavy atom. The van der Waals surface area contributed by atoms with E-state index in [9.17, 15) is 0 Å². The van der Waals surface area contributed by atoms with Crippen LogP contribution in [0.15, 0.2) is 73.2 Å². The summed E-state index contributed by atoms with van der Waals surface area (Å²) < 4.78 is 5.73. The van der Waals surface area contributed by atoms with E-state index in [-0.39, 0.29) is 0 Å². The second kappa shape index (κ2) is 6.29. The zero-order chi connectivity index (χ0) is 16.2. The molecule has 0 bridgehead atoms. The lowest BCUT2D eigenvalue weighted by atomic mass is 10.3. The first kappa shape index (κ1) is 14.1. The van der Waals surface area contributed by atoms with Crippen LogP contribution in [0.5, 0.6) is 11.6 Å². The van der Waals surface area contributed by atoms with E-state index in [4.69, 9.17) is 4.74 Å². The largest absolute Gasteiger partial charge is 0.439 e. The van der Waals surface area contributed by atoms with Gasteiger partial charge in [0.25, 0.3) is 0 Å². The third kappa shape index (κ3) is 3.12. The number of nitrogens with zero attached hydrogens (tertiary/aromatic N) is 4. The minimum absolute atomic E-state index is 0.550. The topological polar surface area (TPSA) is 72.8 Å². The fourth-order valence-corrected chi connectivity index (χ4v) is 2.24. The lowest BCUT2D eigenvalue weighted by molar-refractivity contribution is 0.463. The molecule has 6 heteroatoms. The van der Waals surface area contributed by atoms with E-state index in [1.165, 1.54) is 0 Å². The number of nitrogens with one attached hydrogen (secondary N) is 1. The molecule has 4 rings (SSSR count). The van der Waals surface area contributed by atoms with Crippen molar-refractivity contribution in [3.8, 4) is 11.6 Å². The Labute approximate surface area is 138 Å². The zero-order valence-electron chi connectivity index (χ0n) is 12.6. The number of rotatable bonds is 4. The SMILES string of the molecule is c1ccc(Oc2cccc(Nc3ccc4nccnc4n3)c2)nc1. The molecular formula is C18H13N5O. The van der Waals surface area contributed by atoms with Gasteiger partial charge in [-0.1, -0.05) is 12.1 Å². The second-order valence-corrected chi connectivity index (χ2v) is 5.02. The smallest absolute Gasteiger partial charge is 0.219 e. The zero-order valence-corrected chi connectivity index (χ0v) is 12.6. The summed E-state index contributed by atoms with van der Waals surface area (Å²) in [5, 5.41) is 3.24. The lowest BCUT2D eigenvalue weighted by Gasteiger charge is -2.09. The lowest BCUT2D eigenvalue weighted by Crippen LogP contribution is -1.96. The van der Waals surface area contributed by atoms with Crippen molar-refractivity contribution in [3.05, 3.63) is 73.2 Å². The standard InChI is InChI=1S/C18H13N5O/c1-2-9-20-17(6-1)24-14-5-3-4-13(12-14)22-16-8-7-15-18(23-16)21-11-10-19-15/h1-12H,(H,21,22,23). The average Bonchev–Trinajstić information content (AvgIpc) is 2.63. The van der Waals surface area contributed by atoms with Gasteiger partial charge >= 0.3 is 0 Å². The molecule has 4 aromatic rings. The normalized spacial score (nSPS) is 10.5. The highest BCUT2D eigenvalue weighted by Crippen LogP contribution is 2.24. The second-order valence-electron chi connectivity index (χ2n) is 5.02. The van der Waals surface area contributed by atoms with Crippen molar-refractivity contribution in [1.29, 1.82) is 0 Å². The molecule has 0 unspecified atom stereocenters. The number of hydrogen-bond acceptors (Lipinski definition) is 6. The van der Waals surface area contributed by atoms with E-state index < -0.39 is 0 Å². The van der Waals surface area contributed by atoms with E-state index >= 15 is 0 Å². The van der Waals surface area contributed by atoms with Crippen molar-refractivity contribution in [2.45, 2.75) is 0 Å². The molecular weight excluding hydrogens is 302 g/mol. The maximum absolute atomic E-state index is 5.73. The maximum Gasteiger partial charge on any atom is 0.219 e. The molecule has 116 valence electrons. The highest BCUT2D eigenvalue weighted by atomic mass is 16.5. The third-order valence-corrected chi connectivity index (χ3v) is 3.30. The third-order valence-electron chi connectivity index (χ3n) is 3.30. The molecule has 0 atom stereocenters. The molecule has 3 aromatic heterocycles. The van der Waals surface area contributed by atoms with E-state index in [2.05, 4.69) is 25.3 Å². The van der Waals surface area contributed by atoms with Crippen molar-refractivity contribution in [1.82, 2.24) is 19.9 Å². The summed E-state index contributed by atoms with van der Waals surface area (Å²) in [6.07, 6.45) is 4.97. The minimum atomic E-state index is 0.550. The van der Waals surface area contributed by atoms with Gasteiger partial charge in [0.2, 0.25) is 5.88 Å². The van der Waals surface area contributed by atoms with Crippen molar-refractivity contribution in [2.75, 3.05) is 5.32 Å². The summed E-state index contributed by atoms with van der Waals surface area (Å²) in [7, 11) is 0. The Morgan fingerprint density at radius 1 is 0.792 bits per heavy atom. The molecule has 0 fully saturated rings. The Bertz CT molecular complexity index is 975. The monoisotopic (exact) mass is 315 g/mol. The molecule has 0 radical (unpaired) electrons. The molecule has 0 aliphatic rings. The Kier molecular flexibility index (Phi) is 3.69. The predicted octanol–water partition coefficient (Wildman–Crippen LogP) is 3.96. The van der Waals surface area contributed by atoms with Gasteiger partial charge in [-0.2, -0.15) is 0 Å². The number of hydrogen-bond donors (Lipinski definition) is 1. The number of fused-ring (bicyclic) bond motifs is 1. The van der Waals surface area contributed by atoms with Gasteiger partial charge in [-0.25, -0.2) is 15.0 Å². The summed E-state index contributed by atoms with van der Waals surface area (Å²) in [6.45, 7) is 0. The summed E-state index contributed by atoms with van der Waals surface area (Å²) >= 11 is 0. The van der Waals surface area contributed by atoms with E-state index in [1.807, 2.05) is 54.6 Å². The van der Waals surface area contributed by atoms with Crippen molar-refractivity contribution < 1.29 is 4.74 Å². The quantitative estimate of drug-likeness (QED) is 0.614. The summed E-state index contributed by atoms with van der Waals surface area (Å²) in [5.41, 5.74) is 2.22.